The van der Waals surface area contributed by atoms with E-state index < -0.39 is 5.97 Å². The smallest absolute Gasteiger partial charge is 0.307 e. The number of hydrogen-bond acceptors (Lipinski definition) is 4. The Bertz CT molecular complexity index is 564. The SMILES string of the molecule is CCOc1c(Cl)cc(CN2CC(C(=O)O)CCC2C)cc1OC. The number of nitrogens with zero attached hydrogens (tertiary/aromatic N) is 1. The van der Waals surface area contributed by atoms with Gasteiger partial charge in [-0.25, -0.2) is 0 Å². The van der Waals surface area contributed by atoms with E-state index in [4.69, 9.17) is 21.1 Å². The van der Waals surface area contributed by atoms with E-state index in [1.165, 1.54) is 0 Å². The molecule has 1 saturated heterocycles. The number of benzene rings is 1. The summed E-state index contributed by atoms with van der Waals surface area (Å²) in [5.74, 6) is 0.139. The molecule has 1 aliphatic heterocycles. The van der Waals surface area contributed by atoms with Gasteiger partial charge in [0.05, 0.1) is 24.7 Å². The Hall–Kier alpha value is -1.46. The van der Waals surface area contributed by atoms with E-state index in [2.05, 4.69) is 11.8 Å². The molecule has 1 heterocycles. The van der Waals surface area contributed by atoms with E-state index in [9.17, 15) is 9.90 Å². The molecule has 1 fully saturated rings. The number of ether oxygens (including phenoxy) is 2. The number of aliphatic carboxylic acids is 1. The van der Waals surface area contributed by atoms with E-state index in [0.717, 1.165) is 18.4 Å². The number of piperidine rings is 1. The lowest BCUT2D eigenvalue weighted by atomic mass is 9.93. The van der Waals surface area contributed by atoms with Gasteiger partial charge in [0.1, 0.15) is 0 Å². The van der Waals surface area contributed by atoms with Crippen molar-refractivity contribution in [2.75, 3.05) is 20.3 Å². The highest BCUT2D eigenvalue weighted by Crippen LogP contribution is 2.37. The number of hydrogen-bond donors (Lipinski definition) is 1. The summed E-state index contributed by atoms with van der Waals surface area (Å²) in [5.41, 5.74) is 0.994. The molecule has 0 saturated carbocycles. The van der Waals surface area contributed by atoms with Crippen molar-refractivity contribution in [3.8, 4) is 11.5 Å². The van der Waals surface area contributed by atoms with Crippen LogP contribution in [0.15, 0.2) is 12.1 Å². The maximum absolute atomic E-state index is 11.2. The van der Waals surface area contributed by atoms with Crippen molar-refractivity contribution in [3.63, 3.8) is 0 Å². The summed E-state index contributed by atoms with van der Waals surface area (Å²) in [4.78, 5) is 13.4. The van der Waals surface area contributed by atoms with Crippen LogP contribution in [0.5, 0.6) is 11.5 Å². The van der Waals surface area contributed by atoms with Gasteiger partial charge in [-0.05, 0) is 44.4 Å². The Morgan fingerprint density at radius 2 is 2.17 bits per heavy atom. The molecule has 1 aliphatic rings. The fraction of sp³-hybridized carbons (Fsp3) is 0.588. The first-order chi connectivity index (χ1) is 11.0. The lowest BCUT2D eigenvalue weighted by molar-refractivity contribution is -0.144. The molecule has 1 aromatic rings. The molecule has 0 aromatic heterocycles. The largest absolute Gasteiger partial charge is 0.493 e. The fourth-order valence-corrected chi connectivity index (χ4v) is 3.27. The van der Waals surface area contributed by atoms with Gasteiger partial charge in [-0.1, -0.05) is 11.6 Å². The van der Waals surface area contributed by atoms with Gasteiger partial charge in [-0.15, -0.1) is 0 Å². The fourth-order valence-electron chi connectivity index (χ4n) is 2.98. The molecule has 0 amide bonds. The van der Waals surface area contributed by atoms with Gasteiger partial charge in [0.15, 0.2) is 11.5 Å². The van der Waals surface area contributed by atoms with Crippen molar-refractivity contribution in [1.82, 2.24) is 4.90 Å². The number of methoxy groups -OCH3 is 1. The number of halogens is 1. The zero-order chi connectivity index (χ0) is 17.0. The molecule has 1 N–H and O–H groups in total. The van der Waals surface area contributed by atoms with E-state index in [-0.39, 0.29) is 5.92 Å². The standard InChI is InChI=1S/C17H24ClNO4/c1-4-23-16-14(18)7-12(8-15(16)22-3)9-19-10-13(17(20)21)6-5-11(19)2/h7-8,11,13H,4-6,9-10H2,1-3H3,(H,20,21). The zero-order valence-corrected chi connectivity index (χ0v) is 14.6. The second-order valence-electron chi connectivity index (χ2n) is 5.93. The molecular weight excluding hydrogens is 318 g/mol. The monoisotopic (exact) mass is 341 g/mol. The van der Waals surface area contributed by atoms with Crippen LogP contribution in [0.4, 0.5) is 0 Å². The first kappa shape index (κ1) is 17.9. The van der Waals surface area contributed by atoms with E-state index >= 15 is 0 Å². The van der Waals surface area contributed by atoms with Crippen molar-refractivity contribution < 1.29 is 19.4 Å². The molecule has 0 spiro atoms. The number of carbonyl (C=O) groups is 1. The van der Waals surface area contributed by atoms with Crippen molar-refractivity contribution >= 4 is 17.6 Å². The van der Waals surface area contributed by atoms with Gasteiger partial charge in [0.2, 0.25) is 0 Å². The summed E-state index contributed by atoms with van der Waals surface area (Å²) >= 11 is 6.31. The van der Waals surface area contributed by atoms with Crippen molar-refractivity contribution in [2.45, 2.75) is 39.3 Å². The van der Waals surface area contributed by atoms with Gasteiger partial charge < -0.3 is 14.6 Å². The van der Waals surface area contributed by atoms with Crippen LogP contribution < -0.4 is 9.47 Å². The van der Waals surface area contributed by atoms with Crippen LogP contribution in [0.25, 0.3) is 0 Å². The third kappa shape index (κ3) is 4.30. The molecule has 2 unspecified atom stereocenters. The minimum absolute atomic E-state index is 0.300. The number of carboxylic acids is 1. The molecule has 0 bridgehead atoms. The van der Waals surface area contributed by atoms with Crippen molar-refractivity contribution in [2.24, 2.45) is 5.92 Å². The van der Waals surface area contributed by atoms with E-state index in [0.29, 0.717) is 42.3 Å². The quantitative estimate of drug-likeness (QED) is 0.859. The molecule has 6 heteroatoms. The molecule has 23 heavy (non-hydrogen) atoms. The van der Waals surface area contributed by atoms with Crippen LogP contribution in [0, 0.1) is 5.92 Å². The first-order valence-electron chi connectivity index (χ1n) is 7.92. The Morgan fingerprint density at radius 3 is 2.78 bits per heavy atom. The van der Waals surface area contributed by atoms with Crippen LogP contribution >= 0.6 is 11.6 Å². The van der Waals surface area contributed by atoms with E-state index in [1.54, 1.807) is 7.11 Å². The predicted molar refractivity (Wildman–Crippen MR) is 89.4 cm³/mol. The number of rotatable bonds is 6. The summed E-state index contributed by atoms with van der Waals surface area (Å²) in [6, 6.07) is 4.13. The third-order valence-corrected chi connectivity index (χ3v) is 4.60. The molecule has 128 valence electrons. The van der Waals surface area contributed by atoms with Crippen LogP contribution in [0.2, 0.25) is 5.02 Å². The van der Waals surface area contributed by atoms with Gasteiger partial charge in [0.25, 0.3) is 0 Å². The highest BCUT2D eigenvalue weighted by atomic mass is 35.5. The summed E-state index contributed by atoms with van der Waals surface area (Å²) in [7, 11) is 1.59. The van der Waals surface area contributed by atoms with Gasteiger partial charge >= 0.3 is 5.97 Å². The number of likely N-dealkylation sites (tertiary alicyclic amines) is 1. The van der Waals surface area contributed by atoms with Gasteiger partial charge in [-0.2, -0.15) is 0 Å². The Morgan fingerprint density at radius 1 is 1.43 bits per heavy atom. The Balaban J connectivity index is 2.18. The maximum atomic E-state index is 11.2. The van der Waals surface area contributed by atoms with Crippen LogP contribution in [-0.2, 0) is 11.3 Å². The van der Waals surface area contributed by atoms with Gasteiger partial charge in [-0.3, -0.25) is 9.69 Å². The minimum atomic E-state index is -0.718. The predicted octanol–water partition coefficient (Wildman–Crippen LogP) is 3.43. The number of carboxylic acid groups (broad SMARTS) is 1. The van der Waals surface area contributed by atoms with Gasteiger partial charge in [0, 0.05) is 19.1 Å². The average molecular weight is 342 g/mol. The maximum Gasteiger partial charge on any atom is 0.307 e. The second kappa shape index (κ2) is 7.88. The Labute approximate surface area is 142 Å². The molecule has 1 aromatic carbocycles. The normalized spacial score (nSPS) is 21.9. The molecule has 2 atom stereocenters. The second-order valence-corrected chi connectivity index (χ2v) is 6.34. The summed E-state index contributed by atoms with van der Waals surface area (Å²) in [6.07, 6.45) is 1.62. The topological polar surface area (TPSA) is 59.0 Å². The van der Waals surface area contributed by atoms with Crippen molar-refractivity contribution in [1.29, 1.82) is 0 Å². The molecule has 0 aliphatic carbocycles. The highest BCUT2D eigenvalue weighted by Gasteiger charge is 2.29. The zero-order valence-electron chi connectivity index (χ0n) is 13.8. The summed E-state index contributed by atoms with van der Waals surface area (Å²) < 4.78 is 10.9. The van der Waals surface area contributed by atoms with Crippen LogP contribution in [0.3, 0.4) is 0 Å². The minimum Gasteiger partial charge on any atom is -0.493 e. The van der Waals surface area contributed by atoms with Crippen LogP contribution in [-0.4, -0.2) is 42.3 Å². The molecule has 2 rings (SSSR count). The lowest BCUT2D eigenvalue weighted by Gasteiger charge is -2.36. The average Bonchev–Trinajstić information content (AvgIpc) is 2.51. The molecule has 0 radical (unpaired) electrons. The lowest BCUT2D eigenvalue weighted by Crippen LogP contribution is -2.43. The summed E-state index contributed by atoms with van der Waals surface area (Å²) in [6.45, 7) is 5.74. The van der Waals surface area contributed by atoms with Crippen molar-refractivity contribution in [3.05, 3.63) is 22.7 Å². The Kier molecular flexibility index (Phi) is 6.13. The molecular formula is C17H24ClNO4. The molecule has 5 nitrogen and oxygen atoms in total. The third-order valence-electron chi connectivity index (χ3n) is 4.32. The first-order valence-corrected chi connectivity index (χ1v) is 8.30. The highest BCUT2D eigenvalue weighted by molar-refractivity contribution is 6.32. The summed E-state index contributed by atoms with van der Waals surface area (Å²) in [5, 5.41) is 9.76. The van der Waals surface area contributed by atoms with E-state index in [1.807, 2.05) is 19.1 Å². The van der Waals surface area contributed by atoms with Crippen LogP contribution in [0.1, 0.15) is 32.3 Å².